The van der Waals surface area contributed by atoms with Crippen molar-refractivity contribution in [2.24, 2.45) is 0 Å². The van der Waals surface area contributed by atoms with Crippen LogP contribution in [0.2, 0.25) is 9.45 Å². The molecule has 3 heteroatoms. The average Bonchev–Trinajstić information content (AvgIpc) is 3.68. The van der Waals surface area contributed by atoms with Crippen molar-refractivity contribution < 1.29 is 41.4 Å². The molecule has 0 spiro atoms. The molecule has 2 aromatic carbocycles. The van der Waals surface area contributed by atoms with E-state index in [1.807, 2.05) is 0 Å². The Morgan fingerprint density at radius 1 is 0.439 bits per heavy atom. The maximum absolute atomic E-state index is 2.57. The summed E-state index contributed by atoms with van der Waals surface area (Å²) in [7, 11) is 0. The molecule has 4 aliphatic carbocycles. The van der Waals surface area contributed by atoms with Crippen LogP contribution in [-0.2, 0) is 29.4 Å². The van der Waals surface area contributed by atoms with Crippen molar-refractivity contribution >= 4 is 7.74 Å². The predicted molar refractivity (Wildman–Crippen MR) is 165 cm³/mol. The fourth-order valence-electron chi connectivity index (χ4n) is 7.02. The van der Waals surface area contributed by atoms with Gasteiger partial charge < -0.3 is 24.8 Å². The molecule has 7 rings (SSSR count). The van der Waals surface area contributed by atoms with Crippen LogP contribution in [-0.4, -0.2) is 0 Å². The van der Waals surface area contributed by atoms with Crippen LogP contribution in [0.4, 0.5) is 0 Å². The molecule has 0 amide bonds. The van der Waals surface area contributed by atoms with E-state index in [1.165, 1.54) is 54.0 Å². The summed E-state index contributed by atoms with van der Waals surface area (Å²) in [6.45, 7) is 4.71. The maximum atomic E-state index is 2.55. The Bertz CT molecular complexity index is 1600. The first-order valence-corrected chi connectivity index (χ1v) is 18.2. The van der Waals surface area contributed by atoms with E-state index >= 15 is 0 Å². The van der Waals surface area contributed by atoms with Crippen LogP contribution in [0.1, 0.15) is 25.0 Å². The van der Waals surface area contributed by atoms with Gasteiger partial charge in [0.1, 0.15) is 0 Å². The molecule has 0 nitrogen and oxygen atoms in total. The SMILES string of the molecule is CCc1cc2c(-c3ccccc3)ccccc-2[c]1[Ti+2]1([c]2c(CC)cc3c(-c4ccccc4)ccccc2-3)[CH2][CH2]1.[Cl-].[Cl-]. The monoisotopic (exact) mass is 608 g/mol. The molecule has 0 bridgehead atoms. The number of hydrogen-bond acceptors (Lipinski definition) is 0. The third-order valence-electron chi connectivity index (χ3n) is 8.89. The third kappa shape index (κ3) is 4.96. The Balaban J connectivity index is 0.00000169. The zero-order valence-corrected chi connectivity index (χ0v) is 26.7. The number of rotatable bonds is 6. The molecule has 0 unspecified atom stereocenters. The van der Waals surface area contributed by atoms with Gasteiger partial charge in [0.25, 0.3) is 0 Å². The topological polar surface area (TPSA) is 0 Å². The van der Waals surface area contributed by atoms with Crippen molar-refractivity contribution in [2.75, 3.05) is 0 Å². The first-order valence-electron chi connectivity index (χ1n) is 14.5. The van der Waals surface area contributed by atoms with Crippen LogP contribution in [0.5, 0.6) is 0 Å². The fourth-order valence-corrected chi connectivity index (χ4v) is 16.0. The van der Waals surface area contributed by atoms with Gasteiger partial charge in [-0.3, -0.25) is 0 Å². The first kappa shape index (κ1) is 29.6. The second kappa shape index (κ2) is 12.2. The number of halogens is 2. The third-order valence-corrected chi connectivity index (χ3v) is 16.1. The minimum absolute atomic E-state index is 0. The van der Waals surface area contributed by atoms with Crippen molar-refractivity contribution in [3.8, 4) is 44.5 Å². The van der Waals surface area contributed by atoms with Crippen LogP contribution in [0, 0.1) is 0 Å². The van der Waals surface area contributed by atoms with Gasteiger partial charge in [0.2, 0.25) is 0 Å². The van der Waals surface area contributed by atoms with E-state index in [0.29, 0.717) is 0 Å². The Hall–Kier alpha value is -2.87. The standard InChI is InChI=1S/2C18H15.C2H4.2ClH.Ti/c2*1-2-14-12-16-10-6-7-11-17(18(16)13-14)15-8-4-3-5-9-15;1-2;;;/h2*3-11,13H,2H2,1H3;1-2H2;2*1H;/q;;;;;+2/p-2. The van der Waals surface area contributed by atoms with E-state index in [1.54, 1.807) is 18.9 Å². The summed E-state index contributed by atoms with van der Waals surface area (Å²) in [6, 6.07) is 45.5. The second-order valence-electron chi connectivity index (χ2n) is 11.0. The van der Waals surface area contributed by atoms with Crippen LogP contribution in [0.25, 0.3) is 44.5 Å². The Kier molecular flexibility index (Phi) is 8.79. The zero-order chi connectivity index (χ0) is 26.4. The molecular formula is C38H34Cl2Ti. The molecule has 1 heterocycles. The van der Waals surface area contributed by atoms with Gasteiger partial charge in [-0.2, -0.15) is 0 Å². The van der Waals surface area contributed by atoms with Crippen molar-refractivity contribution in [3.63, 3.8) is 0 Å². The Morgan fingerprint density at radius 3 is 1.12 bits per heavy atom. The largest absolute Gasteiger partial charge is 1.00 e. The van der Waals surface area contributed by atoms with Crippen molar-refractivity contribution in [1.29, 1.82) is 0 Å². The van der Waals surface area contributed by atoms with Crippen LogP contribution in [0.3, 0.4) is 0 Å². The molecule has 0 radical (unpaired) electrons. The Labute approximate surface area is 260 Å². The Morgan fingerprint density at radius 2 is 0.780 bits per heavy atom. The van der Waals surface area contributed by atoms with Crippen molar-refractivity contribution in [2.45, 2.75) is 36.1 Å². The summed E-state index contributed by atoms with van der Waals surface area (Å²) in [5.74, 6) is 0. The average molecular weight is 609 g/mol. The summed E-state index contributed by atoms with van der Waals surface area (Å²) >= 11 is -2.57. The summed E-state index contributed by atoms with van der Waals surface area (Å²) in [5, 5.41) is 0. The number of aryl methyl sites for hydroxylation is 2. The molecule has 2 aromatic rings. The van der Waals surface area contributed by atoms with E-state index < -0.39 is 16.6 Å². The number of hydrogen-bond donors (Lipinski definition) is 0. The van der Waals surface area contributed by atoms with Gasteiger partial charge in [-0.05, 0) is 0 Å². The van der Waals surface area contributed by atoms with Crippen molar-refractivity contribution in [1.82, 2.24) is 0 Å². The molecule has 1 fully saturated rings. The molecule has 1 saturated heterocycles. The molecule has 0 saturated carbocycles. The summed E-state index contributed by atoms with van der Waals surface area (Å²) in [5.41, 5.74) is 14.4. The normalized spacial score (nSPS) is 12.6. The van der Waals surface area contributed by atoms with Crippen LogP contribution < -0.4 is 32.6 Å². The van der Waals surface area contributed by atoms with E-state index in [-0.39, 0.29) is 24.8 Å². The molecule has 204 valence electrons. The molecule has 5 aliphatic rings. The summed E-state index contributed by atoms with van der Waals surface area (Å²) < 4.78 is 6.32. The fraction of sp³-hybridized carbons (Fsp3) is 0.158. The van der Waals surface area contributed by atoms with Gasteiger partial charge in [-0.15, -0.1) is 0 Å². The van der Waals surface area contributed by atoms with Crippen molar-refractivity contribution in [3.05, 3.63) is 132 Å². The first-order chi connectivity index (χ1) is 19.2. The molecular weight excluding hydrogens is 575 g/mol. The quantitative estimate of drug-likeness (QED) is 0.255. The van der Waals surface area contributed by atoms with Gasteiger partial charge in [0.15, 0.2) is 0 Å². The number of benzene rings is 2. The second-order valence-corrected chi connectivity index (χ2v) is 17.5. The molecule has 0 aromatic heterocycles. The van der Waals surface area contributed by atoms with Gasteiger partial charge in [-0.1, -0.05) is 0 Å². The molecule has 41 heavy (non-hydrogen) atoms. The predicted octanol–water partition coefficient (Wildman–Crippen LogP) is 3.32. The van der Waals surface area contributed by atoms with E-state index in [4.69, 9.17) is 0 Å². The number of fused-ring (bicyclic) bond motifs is 2. The molecule has 1 aliphatic heterocycles. The molecule has 0 N–H and O–H groups in total. The van der Waals surface area contributed by atoms with Gasteiger partial charge in [-0.25, -0.2) is 0 Å². The van der Waals surface area contributed by atoms with Gasteiger partial charge in [0, 0.05) is 0 Å². The van der Waals surface area contributed by atoms with E-state index in [2.05, 4.69) is 135 Å². The zero-order valence-electron chi connectivity index (χ0n) is 23.6. The smallest absolute Gasteiger partial charge is 1.00 e. The summed E-state index contributed by atoms with van der Waals surface area (Å²) in [6.07, 6.45) is 2.19. The summed E-state index contributed by atoms with van der Waals surface area (Å²) in [4.78, 5) is 0. The molecule has 0 atom stereocenters. The minimum atomic E-state index is -2.57. The maximum Gasteiger partial charge on any atom is -1.00 e. The van der Waals surface area contributed by atoms with E-state index in [0.717, 1.165) is 12.8 Å². The van der Waals surface area contributed by atoms with Gasteiger partial charge >= 0.3 is 237 Å². The van der Waals surface area contributed by atoms with Crippen LogP contribution in [0.15, 0.2) is 121 Å². The minimum Gasteiger partial charge on any atom is -1.00 e. The van der Waals surface area contributed by atoms with E-state index in [9.17, 15) is 0 Å². The van der Waals surface area contributed by atoms with Gasteiger partial charge in [0.05, 0.1) is 0 Å². The van der Waals surface area contributed by atoms with Crippen LogP contribution >= 0.6 is 0 Å².